The second-order valence-corrected chi connectivity index (χ2v) is 6.97. The molecule has 0 spiro atoms. The van der Waals surface area contributed by atoms with Crippen molar-refractivity contribution in [1.29, 1.82) is 0 Å². The molecule has 1 heterocycles. The summed E-state index contributed by atoms with van der Waals surface area (Å²) in [5.74, 6) is -0.311. The van der Waals surface area contributed by atoms with E-state index in [-0.39, 0.29) is 17.3 Å². The van der Waals surface area contributed by atoms with Crippen molar-refractivity contribution in [3.63, 3.8) is 0 Å². The maximum absolute atomic E-state index is 12.1. The second-order valence-electron chi connectivity index (χ2n) is 4.55. The fourth-order valence-corrected chi connectivity index (χ4v) is 2.79. The quantitative estimate of drug-likeness (QED) is 0.805. The van der Waals surface area contributed by atoms with Gasteiger partial charge in [-0.05, 0) is 40.5 Å². The normalized spacial score (nSPS) is 11.4. The van der Waals surface area contributed by atoms with E-state index in [1.165, 1.54) is 12.1 Å². The number of carbonyl (C=O) groups excluding carboxylic acids is 1. The number of amides is 1. The summed E-state index contributed by atoms with van der Waals surface area (Å²) in [5.41, 5.74) is 1.06. The Morgan fingerprint density at radius 3 is 2.50 bits per heavy atom. The van der Waals surface area contributed by atoms with Crippen molar-refractivity contribution >= 4 is 31.9 Å². The largest absolute Gasteiger partial charge is 0.347 e. The van der Waals surface area contributed by atoms with Crippen LogP contribution in [-0.4, -0.2) is 24.1 Å². The molecule has 0 atom stereocenters. The summed E-state index contributed by atoms with van der Waals surface area (Å²) in [5, 5.41) is 11.9. The zero-order valence-electron chi connectivity index (χ0n) is 11.8. The number of carbonyl (C=O) groups is 1. The van der Waals surface area contributed by atoms with E-state index in [1.54, 1.807) is 23.0 Å². The van der Waals surface area contributed by atoms with Crippen LogP contribution in [0.4, 0.5) is 0 Å². The molecule has 118 valence electrons. The topological polar surface area (TPSA) is 107 Å². The number of aryl methyl sites for hydroxylation is 1. The van der Waals surface area contributed by atoms with Gasteiger partial charge < -0.3 is 5.32 Å². The van der Waals surface area contributed by atoms with Crippen molar-refractivity contribution in [3.8, 4) is 0 Å². The number of halogens is 1. The minimum atomic E-state index is -3.71. The summed E-state index contributed by atoms with van der Waals surface area (Å²) in [4.78, 5) is 12.1. The monoisotopic (exact) mass is 386 g/mol. The van der Waals surface area contributed by atoms with Crippen molar-refractivity contribution in [2.75, 3.05) is 0 Å². The lowest BCUT2D eigenvalue weighted by atomic mass is 10.2. The molecular formula is C13H15BrN4O3S. The molecule has 1 aromatic heterocycles. The first kappa shape index (κ1) is 16.7. The average Bonchev–Trinajstić information content (AvgIpc) is 2.85. The number of hydrogen-bond donors (Lipinski definition) is 2. The fraction of sp³-hybridized carbons (Fsp3) is 0.231. The van der Waals surface area contributed by atoms with Gasteiger partial charge in [-0.3, -0.25) is 9.48 Å². The van der Waals surface area contributed by atoms with Crippen LogP contribution in [0, 0.1) is 0 Å². The molecule has 0 aliphatic heterocycles. The predicted molar refractivity (Wildman–Crippen MR) is 84.6 cm³/mol. The summed E-state index contributed by atoms with van der Waals surface area (Å²) in [6.45, 7) is 2.85. The fourth-order valence-electron chi connectivity index (χ4n) is 1.78. The molecular weight excluding hydrogens is 372 g/mol. The van der Waals surface area contributed by atoms with Crippen LogP contribution in [-0.2, 0) is 23.1 Å². The molecule has 0 saturated heterocycles. The molecule has 0 aliphatic carbocycles. The average molecular weight is 387 g/mol. The standard InChI is InChI=1S/C13H15BrN4O3S/c1-2-18-8-11(14)12(17-18)13(19)16-7-9-3-5-10(6-4-9)22(15,20)21/h3-6,8H,2,7H2,1H3,(H,16,19)(H2,15,20,21). The molecule has 2 rings (SSSR count). The first-order valence-electron chi connectivity index (χ1n) is 6.44. The molecule has 0 radical (unpaired) electrons. The number of benzene rings is 1. The van der Waals surface area contributed by atoms with Crippen molar-refractivity contribution in [2.24, 2.45) is 5.14 Å². The van der Waals surface area contributed by atoms with Crippen LogP contribution < -0.4 is 10.5 Å². The Balaban J connectivity index is 2.03. The van der Waals surface area contributed by atoms with E-state index in [1.807, 2.05) is 6.92 Å². The smallest absolute Gasteiger partial charge is 0.273 e. The van der Waals surface area contributed by atoms with Gasteiger partial charge in [-0.15, -0.1) is 0 Å². The first-order valence-corrected chi connectivity index (χ1v) is 8.78. The molecule has 7 nitrogen and oxygen atoms in total. The molecule has 0 fully saturated rings. The molecule has 3 N–H and O–H groups in total. The van der Waals surface area contributed by atoms with E-state index in [9.17, 15) is 13.2 Å². The highest BCUT2D eigenvalue weighted by Crippen LogP contribution is 2.15. The van der Waals surface area contributed by atoms with Gasteiger partial charge in [0.1, 0.15) is 0 Å². The minimum absolute atomic E-state index is 0.0343. The van der Waals surface area contributed by atoms with Crippen molar-refractivity contribution in [1.82, 2.24) is 15.1 Å². The van der Waals surface area contributed by atoms with E-state index < -0.39 is 10.0 Å². The van der Waals surface area contributed by atoms with Crippen LogP contribution in [0.1, 0.15) is 23.0 Å². The number of nitrogens with zero attached hydrogens (tertiary/aromatic N) is 2. The Morgan fingerprint density at radius 2 is 2.00 bits per heavy atom. The molecule has 22 heavy (non-hydrogen) atoms. The van der Waals surface area contributed by atoms with Crippen LogP contribution in [0.5, 0.6) is 0 Å². The molecule has 0 bridgehead atoms. The van der Waals surface area contributed by atoms with Crippen molar-refractivity contribution in [3.05, 3.63) is 46.2 Å². The molecule has 0 unspecified atom stereocenters. The maximum Gasteiger partial charge on any atom is 0.273 e. The Kier molecular flexibility index (Phi) is 4.99. The zero-order chi connectivity index (χ0) is 16.3. The van der Waals surface area contributed by atoms with Gasteiger partial charge >= 0.3 is 0 Å². The van der Waals surface area contributed by atoms with E-state index >= 15 is 0 Å². The SMILES string of the molecule is CCn1cc(Br)c(C(=O)NCc2ccc(S(N)(=O)=O)cc2)n1. The van der Waals surface area contributed by atoms with Gasteiger partial charge in [0.2, 0.25) is 10.0 Å². The molecule has 9 heteroatoms. The lowest BCUT2D eigenvalue weighted by molar-refractivity contribution is 0.0944. The molecule has 1 amide bonds. The molecule has 1 aromatic carbocycles. The number of nitrogens with two attached hydrogens (primary N) is 1. The van der Waals surface area contributed by atoms with E-state index in [0.717, 1.165) is 5.56 Å². The van der Waals surface area contributed by atoms with Gasteiger partial charge in [0.25, 0.3) is 5.91 Å². The Morgan fingerprint density at radius 1 is 1.36 bits per heavy atom. The molecule has 0 saturated carbocycles. The number of primary sulfonamides is 1. The number of hydrogen-bond acceptors (Lipinski definition) is 4. The lowest BCUT2D eigenvalue weighted by Crippen LogP contribution is -2.24. The third-order valence-corrected chi connectivity index (χ3v) is 4.47. The Bertz CT molecular complexity index is 784. The summed E-state index contributed by atoms with van der Waals surface area (Å²) >= 11 is 3.29. The summed E-state index contributed by atoms with van der Waals surface area (Å²) in [6.07, 6.45) is 1.73. The van der Waals surface area contributed by atoms with Crippen LogP contribution in [0.25, 0.3) is 0 Å². The second kappa shape index (κ2) is 6.59. The highest BCUT2D eigenvalue weighted by atomic mass is 79.9. The third-order valence-electron chi connectivity index (χ3n) is 2.96. The van der Waals surface area contributed by atoms with E-state index in [4.69, 9.17) is 5.14 Å². The van der Waals surface area contributed by atoms with Gasteiger partial charge in [-0.2, -0.15) is 5.10 Å². The van der Waals surface area contributed by atoms with Crippen LogP contribution in [0.2, 0.25) is 0 Å². The zero-order valence-corrected chi connectivity index (χ0v) is 14.2. The van der Waals surface area contributed by atoms with Gasteiger partial charge in [-0.1, -0.05) is 12.1 Å². The highest BCUT2D eigenvalue weighted by molar-refractivity contribution is 9.10. The van der Waals surface area contributed by atoms with Gasteiger partial charge in [0, 0.05) is 19.3 Å². The van der Waals surface area contributed by atoms with Crippen molar-refractivity contribution < 1.29 is 13.2 Å². The number of rotatable bonds is 5. The van der Waals surface area contributed by atoms with Crippen molar-refractivity contribution in [2.45, 2.75) is 24.9 Å². The number of sulfonamides is 1. The van der Waals surface area contributed by atoms with Crippen LogP contribution >= 0.6 is 15.9 Å². The minimum Gasteiger partial charge on any atom is -0.347 e. The first-order chi connectivity index (χ1) is 10.3. The van der Waals surface area contributed by atoms with Gasteiger partial charge in [-0.25, -0.2) is 13.6 Å². The Hall–Kier alpha value is -1.71. The highest BCUT2D eigenvalue weighted by Gasteiger charge is 2.14. The predicted octanol–water partition coefficient (Wildman–Crippen LogP) is 1.24. The Labute approximate surface area is 136 Å². The summed E-state index contributed by atoms with van der Waals surface area (Å²) < 4.78 is 24.6. The number of nitrogens with one attached hydrogen (secondary N) is 1. The molecule has 0 aliphatic rings. The molecule has 2 aromatic rings. The summed E-state index contributed by atoms with van der Waals surface area (Å²) in [7, 11) is -3.71. The van der Waals surface area contributed by atoms with E-state index in [2.05, 4.69) is 26.3 Å². The van der Waals surface area contributed by atoms with Gasteiger partial charge in [0.15, 0.2) is 5.69 Å². The summed E-state index contributed by atoms with van der Waals surface area (Å²) in [6, 6.07) is 6.00. The lowest BCUT2D eigenvalue weighted by Gasteiger charge is -2.05. The van der Waals surface area contributed by atoms with Crippen LogP contribution in [0.15, 0.2) is 39.8 Å². The van der Waals surface area contributed by atoms with Gasteiger partial charge in [0.05, 0.1) is 9.37 Å². The number of aromatic nitrogens is 2. The maximum atomic E-state index is 12.1. The van der Waals surface area contributed by atoms with Crippen LogP contribution in [0.3, 0.4) is 0 Å². The third kappa shape index (κ3) is 3.93. The van der Waals surface area contributed by atoms with E-state index in [0.29, 0.717) is 16.7 Å².